The molecule has 5 aromatic rings. The molecule has 0 fully saturated rings. The zero-order chi connectivity index (χ0) is 21.9. The summed E-state index contributed by atoms with van der Waals surface area (Å²) in [6, 6.07) is 20.5. The summed E-state index contributed by atoms with van der Waals surface area (Å²) in [7, 11) is 0. The molecule has 4 aromatic heterocycles. The summed E-state index contributed by atoms with van der Waals surface area (Å²) in [5.41, 5.74) is 4.56. The maximum Gasteiger partial charge on any atom is 0.291 e. The average molecular weight is 423 g/mol. The number of carbonyl (C=O) groups excluding carboxylic acids is 1. The lowest BCUT2D eigenvalue weighted by Crippen LogP contribution is -2.15. The number of hydrogen-bond donors (Lipinski definition) is 3. The van der Waals surface area contributed by atoms with E-state index in [1.54, 1.807) is 24.5 Å². The Hall–Kier alpha value is -4.39. The molecular formula is C25H21N5O2. The number of benzene rings is 1. The van der Waals surface area contributed by atoms with Crippen LogP contribution in [0.4, 0.5) is 11.5 Å². The maximum atomic E-state index is 12.5. The predicted molar refractivity (Wildman–Crippen MR) is 124 cm³/mol. The van der Waals surface area contributed by atoms with Gasteiger partial charge in [0, 0.05) is 40.2 Å². The standard InChI is InChI=1S/C25H21N5O2/c1-16-23(24(20-7-2-4-12-26-20)30-22-9-3-5-13-27-22)18-15-17(10-11-19(18)28-16)29-25(31)21-8-6-14-32-21/h2-15,24,28H,1H3,(H,27,30)(H,29,31). The molecule has 4 heterocycles. The lowest BCUT2D eigenvalue weighted by atomic mass is 9.99. The third-order valence-electron chi connectivity index (χ3n) is 5.27. The van der Waals surface area contributed by atoms with Crippen molar-refractivity contribution < 1.29 is 9.21 Å². The van der Waals surface area contributed by atoms with Crippen LogP contribution in [0.15, 0.2) is 89.8 Å². The van der Waals surface area contributed by atoms with Gasteiger partial charge in [-0.25, -0.2) is 4.98 Å². The number of aryl methyl sites for hydroxylation is 1. The third-order valence-corrected chi connectivity index (χ3v) is 5.27. The van der Waals surface area contributed by atoms with E-state index in [0.717, 1.165) is 33.7 Å². The number of anilines is 2. The van der Waals surface area contributed by atoms with Gasteiger partial charge >= 0.3 is 0 Å². The highest BCUT2D eigenvalue weighted by molar-refractivity contribution is 6.03. The molecule has 0 aliphatic rings. The first-order chi connectivity index (χ1) is 15.7. The van der Waals surface area contributed by atoms with E-state index < -0.39 is 0 Å². The third kappa shape index (κ3) is 3.83. The van der Waals surface area contributed by atoms with Crippen LogP contribution >= 0.6 is 0 Å². The largest absolute Gasteiger partial charge is 0.459 e. The number of furan rings is 1. The van der Waals surface area contributed by atoms with Gasteiger partial charge in [-0.3, -0.25) is 9.78 Å². The minimum atomic E-state index is -0.295. The lowest BCUT2D eigenvalue weighted by molar-refractivity contribution is 0.0996. The van der Waals surface area contributed by atoms with Gasteiger partial charge in [-0.1, -0.05) is 12.1 Å². The molecule has 0 saturated heterocycles. The van der Waals surface area contributed by atoms with Crippen LogP contribution in [-0.4, -0.2) is 20.9 Å². The van der Waals surface area contributed by atoms with Crippen molar-refractivity contribution in [3.05, 3.63) is 108 Å². The molecule has 1 amide bonds. The van der Waals surface area contributed by atoms with Crippen LogP contribution in [0.2, 0.25) is 0 Å². The molecule has 0 aliphatic heterocycles. The molecule has 7 nitrogen and oxygen atoms in total. The molecule has 158 valence electrons. The van der Waals surface area contributed by atoms with E-state index in [1.165, 1.54) is 6.26 Å². The van der Waals surface area contributed by atoms with E-state index in [-0.39, 0.29) is 17.7 Å². The highest BCUT2D eigenvalue weighted by Crippen LogP contribution is 2.34. The molecule has 7 heteroatoms. The number of hydrogen-bond acceptors (Lipinski definition) is 5. The highest BCUT2D eigenvalue weighted by Gasteiger charge is 2.23. The van der Waals surface area contributed by atoms with Gasteiger partial charge in [0.15, 0.2) is 5.76 Å². The van der Waals surface area contributed by atoms with Crippen LogP contribution in [0, 0.1) is 6.92 Å². The Labute approximate surface area is 184 Å². The summed E-state index contributed by atoms with van der Waals surface area (Å²) in [4.78, 5) is 24.9. The Morgan fingerprint density at radius 2 is 1.84 bits per heavy atom. The van der Waals surface area contributed by atoms with Crippen LogP contribution in [0.1, 0.15) is 33.5 Å². The van der Waals surface area contributed by atoms with Gasteiger partial charge in [-0.05, 0) is 61.5 Å². The monoisotopic (exact) mass is 423 g/mol. The fourth-order valence-corrected chi connectivity index (χ4v) is 3.83. The first kappa shape index (κ1) is 19.6. The molecule has 0 saturated carbocycles. The first-order valence-corrected chi connectivity index (χ1v) is 10.2. The Morgan fingerprint density at radius 1 is 1.00 bits per heavy atom. The number of fused-ring (bicyclic) bond motifs is 1. The van der Waals surface area contributed by atoms with Gasteiger partial charge in [0.1, 0.15) is 5.82 Å². The normalized spacial score (nSPS) is 11.9. The fourth-order valence-electron chi connectivity index (χ4n) is 3.83. The van der Waals surface area contributed by atoms with Crippen molar-refractivity contribution in [2.45, 2.75) is 13.0 Å². The van der Waals surface area contributed by atoms with E-state index in [2.05, 4.69) is 25.6 Å². The van der Waals surface area contributed by atoms with Crippen molar-refractivity contribution in [2.75, 3.05) is 10.6 Å². The Balaban J connectivity index is 1.58. The number of nitrogens with zero attached hydrogens (tertiary/aromatic N) is 2. The number of H-pyrrole nitrogens is 1. The number of rotatable bonds is 6. The molecule has 1 atom stereocenters. The molecule has 3 N–H and O–H groups in total. The van der Waals surface area contributed by atoms with Crippen LogP contribution in [0.25, 0.3) is 10.9 Å². The second-order valence-corrected chi connectivity index (χ2v) is 7.40. The number of aromatic nitrogens is 3. The van der Waals surface area contributed by atoms with Crippen LogP contribution in [0.5, 0.6) is 0 Å². The summed E-state index contributed by atoms with van der Waals surface area (Å²) in [6.07, 6.45) is 5.01. The quantitative estimate of drug-likeness (QED) is 0.344. The Bertz CT molecular complexity index is 1350. The van der Waals surface area contributed by atoms with Gasteiger partial charge in [0.2, 0.25) is 0 Å². The van der Waals surface area contributed by atoms with E-state index in [0.29, 0.717) is 5.69 Å². The maximum absolute atomic E-state index is 12.5. The smallest absolute Gasteiger partial charge is 0.291 e. The van der Waals surface area contributed by atoms with Crippen LogP contribution in [-0.2, 0) is 0 Å². The number of amides is 1. The number of aromatic amines is 1. The van der Waals surface area contributed by atoms with Crippen molar-refractivity contribution in [1.82, 2.24) is 15.0 Å². The van der Waals surface area contributed by atoms with Crippen LogP contribution < -0.4 is 10.6 Å². The minimum Gasteiger partial charge on any atom is -0.459 e. The van der Waals surface area contributed by atoms with E-state index in [4.69, 9.17) is 4.42 Å². The van der Waals surface area contributed by atoms with Crippen LogP contribution in [0.3, 0.4) is 0 Å². The van der Waals surface area contributed by atoms with Crippen molar-refractivity contribution >= 4 is 28.3 Å². The topological polar surface area (TPSA) is 95.8 Å². The van der Waals surface area contributed by atoms with Crippen molar-refractivity contribution in [3.63, 3.8) is 0 Å². The SMILES string of the molecule is Cc1[nH]c2ccc(NC(=O)c3ccco3)cc2c1C(Nc1ccccn1)c1ccccn1. The molecule has 1 unspecified atom stereocenters. The van der Waals surface area contributed by atoms with Gasteiger partial charge in [-0.2, -0.15) is 0 Å². The molecule has 5 rings (SSSR count). The fraction of sp³-hybridized carbons (Fsp3) is 0.0800. The lowest BCUT2D eigenvalue weighted by Gasteiger charge is -2.20. The molecule has 0 spiro atoms. The molecule has 0 radical (unpaired) electrons. The first-order valence-electron chi connectivity index (χ1n) is 10.2. The Kier molecular flexibility index (Phi) is 5.13. The summed E-state index contributed by atoms with van der Waals surface area (Å²) in [5.74, 6) is 0.717. The molecule has 32 heavy (non-hydrogen) atoms. The summed E-state index contributed by atoms with van der Waals surface area (Å²) < 4.78 is 5.20. The number of carbonyl (C=O) groups is 1. The van der Waals surface area contributed by atoms with E-state index in [9.17, 15) is 4.79 Å². The zero-order valence-corrected chi connectivity index (χ0v) is 17.4. The van der Waals surface area contributed by atoms with Gasteiger partial charge in [0.05, 0.1) is 18.0 Å². The minimum absolute atomic E-state index is 0.240. The summed E-state index contributed by atoms with van der Waals surface area (Å²) in [6.45, 7) is 2.03. The van der Waals surface area contributed by atoms with E-state index in [1.807, 2.05) is 61.5 Å². The Morgan fingerprint density at radius 3 is 2.56 bits per heavy atom. The molecule has 0 aliphatic carbocycles. The molecular weight excluding hydrogens is 402 g/mol. The summed E-state index contributed by atoms with van der Waals surface area (Å²) in [5, 5.41) is 7.41. The van der Waals surface area contributed by atoms with Gasteiger partial charge < -0.3 is 20.0 Å². The molecule has 1 aromatic carbocycles. The zero-order valence-electron chi connectivity index (χ0n) is 17.4. The average Bonchev–Trinajstić information content (AvgIpc) is 3.47. The second kappa shape index (κ2) is 8.39. The van der Waals surface area contributed by atoms with Crippen molar-refractivity contribution in [1.29, 1.82) is 0 Å². The number of nitrogens with one attached hydrogen (secondary N) is 3. The highest BCUT2D eigenvalue weighted by atomic mass is 16.3. The van der Waals surface area contributed by atoms with Gasteiger partial charge in [0.25, 0.3) is 5.91 Å². The second-order valence-electron chi connectivity index (χ2n) is 7.40. The molecule has 0 bridgehead atoms. The van der Waals surface area contributed by atoms with Gasteiger partial charge in [-0.15, -0.1) is 0 Å². The predicted octanol–water partition coefficient (Wildman–Crippen LogP) is 5.31. The number of pyridine rings is 2. The van der Waals surface area contributed by atoms with E-state index >= 15 is 0 Å². The van der Waals surface area contributed by atoms with Crippen molar-refractivity contribution in [3.8, 4) is 0 Å². The summed E-state index contributed by atoms with van der Waals surface area (Å²) >= 11 is 0. The van der Waals surface area contributed by atoms with Crippen molar-refractivity contribution in [2.24, 2.45) is 0 Å².